The molecular formula is C31H37FN4O3. The summed E-state index contributed by atoms with van der Waals surface area (Å²) in [6.07, 6.45) is 2.11. The molecule has 3 aromatic rings. The van der Waals surface area contributed by atoms with Gasteiger partial charge in [-0.2, -0.15) is 0 Å². The molecule has 1 saturated heterocycles. The van der Waals surface area contributed by atoms with E-state index in [1.807, 2.05) is 18.2 Å². The molecule has 0 spiro atoms. The summed E-state index contributed by atoms with van der Waals surface area (Å²) >= 11 is 0. The number of likely N-dealkylation sites (tertiary alicyclic amines) is 1. The Morgan fingerprint density at radius 2 is 1.59 bits per heavy atom. The van der Waals surface area contributed by atoms with Gasteiger partial charge in [0.2, 0.25) is 0 Å². The van der Waals surface area contributed by atoms with Crippen LogP contribution in [-0.4, -0.2) is 53.7 Å². The van der Waals surface area contributed by atoms with Crippen LogP contribution in [0.5, 0.6) is 0 Å². The van der Waals surface area contributed by atoms with E-state index < -0.39 is 12.1 Å². The van der Waals surface area contributed by atoms with E-state index in [4.69, 9.17) is 10.8 Å². The Hall–Kier alpha value is -3.91. The van der Waals surface area contributed by atoms with Gasteiger partial charge in [-0.25, -0.2) is 14.0 Å². The van der Waals surface area contributed by atoms with Crippen molar-refractivity contribution in [1.82, 2.24) is 15.1 Å². The van der Waals surface area contributed by atoms with Crippen LogP contribution in [0.15, 0.2) is 84.9 Å². The number of rotatable bonds is 7. The second-order valence-electron chi connectivity index (χ2n) is 10.5. The Morgan fingerprint density at radius 1 is 1.00 bits per heavy atom. The molecule has 7 nitrogen and oxygen atoms in total. The summed E-state index contributed by atoms with van der Waals surface area (Å²) in [7, 11) is 1.46. The second kappa shape index (κ2) is 12.8. The van der Waals surface area contributed by atoms with E-state index in [2.05, 4.69) is 52.7 Å². The van der Waals surface area contributed by atoms with Gasteiger partial charge < -0.3 is 26.0 Å². The molecule has 0 bridgehead atoms. The van der Waals surface area contributed by atoms with Gasteiger partial charge in [0.1, 0.15) is 5.82 Å². The lowest BCUT2D eigenvalue weighted by Gasteiger charge is -2.42. The zero-order valence-electron chi connectivity index (χ0n) is 22.3. The lowest BCUT2D eigenvalue weighted by atomic mass is 9.81. The fourth-order valence-electron chi connectivity index (χ4n) is 5.42. The molecule has 5 rings (SSSR count). The Morgan fingerprint density at radius 3 is 2.15 bits per heavy atom. The molecule has 1 heterocycles. The topological polar surface area (TPSA) is 98.9 Å². The maximum Gasteiger partial charge on any atom is 0.407 e. The van der Waals surface area contributed by atoms with E-state index >= 15 is 0 Å². The number of amides is 3. The number of piperidine rings is 1. The predicted molar refractivity (Wildman–Crippen MR) is 150 cm³/mol. The number of carbonyl (C=O) groups is 2. The van der Waals surface area contributed by atoms with Crippen molar-refractivity contribution in [2.45, 2.75) is 37.3 Å². The van der Waals surface area contributed by atoms with Crippen molar-refractivity contribution in [2.75, 3.05) is 26.7 Å². The molecule has 1 saturated carbocycles. The third-order valence-electron chi connectivity index (χ3n) is 7.70. The second-order valence-corrected chi connectivity index (χ2v) is 10.5. The molecule has 1 aliphatic heterocycles. The minimum Gasteiger partial charge on any atom is -0.465 e. The molecule has 8 heteroatoms. The summed E-state index contributed by atoms with van der Waals surface area (Å²) in [5, 5.41) is 11.6. The van der Waals surface area contributed by atoms with Crippen LogP contribution < -0.4 is 11.1 Å². The van der Waals surface area contributed by atoms with Crippen molar-refractivity contribution in [3.63, 3.8) is 0 Å². The molecule has 3 aromatic carbocycles. The van der Waals surface area contributed by atoms with E-state index in [-0.39, 0.29) is 17.9 Å². The number of nitrogens with one attached hydrogen (secondary N) is 1. The van der Waals surface area contributed by atoms with Crippen LogP contribution in [0.1, 0.15) is 41.9 Å². The third kappa shape index (κ3) is 7.80. The van der Waals surface area contributed by atoms with Crippen LogP contribution in [0.4, 0.5) is 14.0 Å². The zero-order chi connectivity index (χ0) is 27.8. The summed E-state index contributed by atoms with van der Waals surface area (Å²) in [4.78, 5) is 25.7. The van der Waals surface area contributed by atoms with Gasteiger partial charge in [0.25, 0.3) is 0 Å². The minimum absolute atomic E-state index is 0.273. The van der Waals surface area contributed by atoms with Crippen LogP contribution in [0, 0.1) is 11.7 Å². The predicted octanol–water partition coefficient (Wildman–Crippen LogP) is 5.39. The highest BCUT2D eigenvalue weighted by atomic mass is 19.1. The molecule has 0 radical (unpaired) electrons. The number of halogens is 1. The van der Waals surface area contributed by atoms with Crippen LogP contribution in [-0.2, 0) is 12.1 Å². The first-order valence-electron chi connectivity index (χ1n) is 13.3. The van der Waals surface area contributed by atoms with Crippen LogP contribution in [0.3, 0.4) is 0 Å². The standard InChI is InChI=1S/C22H27N3O.C9H10FNO2/c23-21(26)24-22(19-9-5-2-6-10-19)11-13-25(14-12-22)16-18-15-20(18)17-7-3-1-4-8-17;1-11(9(12)13)6-7-2-4-8(10)5-3-7/h1-10,18,20H,11-16H2,(H3,23,24,26);2-5H,6H2,1H3,(H,12,13)/t18-,20+;/m0./s1. The molecule has 2 aliphatic rings. The molecule has 0 unspecified atom stereocenters. The molecular weight excluding hydrogens is 495 g/mol. The van der Waals surface area contributed by atoms with Crippen molar-refractivity contribution in [3.05, 3.63) is 107 Å². The highest BCUT2D eigenvalue weighted by molar-refractivity contribution is 5.73. The fourth-order valence-corrected chi connectivity index (χ4v) is 5.42. The summed E-state index contributed by atoms with van der Waals surface area (Å²) in [5.74, 6) is 1.17. The number of nitrogens with zero attached hydrogens (tertiary/aromatic N) is 2. The van der Waals surface area contributed by atoms with Crippen molar-refractivity contribution in [3.8, 4) is 0 Å². The smallest absolute Gasteiger partial charge is 0.407 e. The average molecular weight is 533 g/mol. The largest absolute Gasteiger partial charge is 0.465 e. The normalized spacial score (nSPS) is 19.7. The summed E-state index contributed by atoms with van der Waals surface area (Å²) in [5.41, 5.74) is 8.57. The van der Waals surface area contributed by atoms with E-state index in [1.54, 1.807) is 12.1 Å². The van der Waals surface area contributed by atoms with Crippen molar-refractivity contribution in [2.24, 2.45) is 11.7 Å². The van der Waals surface area contributed by atoms with E-state index in [0.29, 0.717) is 0 Å². The number of carbonyl (C=O) groups excluding carboxylic acids is 1. The van der Waals surface area contributed by atoms with Gasteiger partial charge in [-0.15, -0.1) is 0 Å². The minimum atomic E-state index is -0.996. The van der Waals surface area contributed by atoms with Crippen LogP contribution in [0.2, 0.25) is 0 Å². The van der Waals surface area contributed by atoms with Gasteiger partial charge in [-0.3, -0.25) is 0 Å². The van der Waals surface area contributed by atoms with E-state index in [0.717, 1.165) is 60.3 Å². The molecule has 4 N–H and O–H groups in total. The van der Waals surface area contributed by atoms with E-state index in [1.165, 1.54) is 31.2 Å². The zero-order valence-corrected chi connectivity index (χ0v) is 22.3. The Kier molecular flexibility index (Phi) is 9.19. The molecule has 1 aliphatic carbocycles. The van der Waals surface area contributed by atoms with Gasteiger partial charge in [-0.1, -0.05) is 72.8 Å². The number of hydrogen-bond acceptors (Lipinski definition) is 3. The molecule has 2 fully saturated rings. The summed E-state index contributed by atoms with van der Waals surface area (Å²) < 4.78 is 12.5. The first-order chi connectivity index (χ1) is 18.8. The van der Waals surface area contributed by atoms with Gasteiger partial charge in [0.05, 0.1) is 5.54 Å². The lowest BCUT2D eigenvalue weighted by Crippen LogP contribution is -2.54. The third-order valence-corrected chi connectivity index (χ3v) is 7.70. The number of urea groups is 1. The average Bonchev–Trinajstić information content (AvgIpc) is 3.71. The number of benzene rings is 3. The first-order valence-corrected chi connectivity index (χ1v) is 13.3. The maximum atomic E-state index is 12.5. The molecule has 2 atom stereocenters. The molecule has 206 valence electrons. The van der Waals surface area contributed by atoms with Gasteiger partial charge in [0, 0.05) is 33.2 Å². The summed E-state index contributed by atoms with van der Waals surface area (Å²) in [6.45, 7) is 3.41. The first kappa shape index (κ1) is 28.1. The number of primary amides is 1. The van der Waals surface area contributed by atoms with Gasteiger partial charge >= 0.3 is 12.1 Å². The van der Waals surface area contributed by atoms with Crippen molar-refractivity contribution < 1.29 is 19.1 Å². The van der Waals surface area contributed by atoms with Crippen LogP contribution in [0.25, 0.3) is 0 Å². The fraction of sp³-hybridized carbons (Fsp3) is 0.355. The molecule has 39 heavy (non-hydrogen) atoms. The highest BCUT2D eigenvalue weighted by Gasteiger charge is 2.42. The Labute approximate surface area is 229 Å². The van der Waals surface area contributed by atoms with Crippen molar-refractivity contribution >= 4 is 12.1 Å². The lowest BCUT2D eigenvalue weighted by molar-refractivity contribution is 0.134. The quantitative estimate of drug-likeness (QED) is 0.380. The number of nitrogens with two attached hydrogens (primary N) is 1. The Balaban J connectivity index is 0.000000229. The summed E-state index contributed by atoms with van der Waals surface area (Å²) in [6, 6.07) is 26.4. The molecule has 0 aromatic heterocycles. The Bertz CT molecular complexity index is 1220. The molecule has 3 amide bonds. The number of hydrogen-bond donors (Lipinski definition) is 3. The maximum absolute atomic E-state index is 12.5. The number of carboxylic acid groups (broad SMARTS) is 1. The van der Waals surface area contributed by atoms with Gasteiger partial charge in [-0.05, 0) is 59.9 Å². The van der Waals surface area contributed by atoms with Gasteiger partial charge in [0.15, 0.2) is 0 Å². The highest BCUT2D eigenvalue weighted by Crippen LogP contribution is 2.48. The monoisotopic (exact) mass is 532 g/mol. The SMILES string of the molecule is CN(Cc1ccc(F)cc1)C(=O)O.NC(=O)NC1(c2ccccc2)CCN(C[C@@H]2C[C@@H]2c2ccccc2)CC1. The van der Waals surface area contributed by atoms with Crippen molar-refractivity contribution in [1.29, 1.82) is 0 Å². The van der Waals surface area contributed by atoms with E-state index in [9.17, 15) is 14.0 Å². The van der Waals surface area contributed by atoms with Crippen LogP contribution >= 0.6 is 0 Å².